The van der Waals surface area contributed by atoms with Crippen LogP contribution in [0.4, 0.5) is 11.6 Å². The molecular formula is C22H15Br2N5S. The number of hydrogen-bond donors (Lipinski definition) is 2. The minimum absolute atomic E-state index is 0.394. The first kappa shape index (κ1) is 20.6. The van der Waals surface area contributed by atoms with E-state index in [2.05, 4.69) is 57.4 Å². The summed E-state index contributed by atoms with van der Waals surface area (Å²) in [5.41, 5.74) is 4.23. The van der Waals surface area contributed by atoms with Gasteiger partial charge in [-0.25, -0.2) is 9.97 Å². The molecule has 2 N–H and O–H groups in total. The lowest BCUT2D eigenvalue weighted by Crippen LogP contribution is -2.21. The van der Waals surface area contributed by atoms with Crippen LogP contribution in [-0.4, -0.2) is 20.1 Å². The van der Waals surface area contributed by atoms with Crippen LogP contribution in [0.3, 0.4) is 0 Å². The van der Waals surface area contributed by atoms with Crippen LogP contribution in [0.1, 0.15) is 0 Å². The molecule has 2 aromatic heterocycles. The fourth-order valence-electron chi connectivity index (χ4n) is 2.78. The molecule has 148 valence electrons. The van der Waals surface area contributed by atoms with E-state index in [-0.39, 0.29) is 0 Å². The fraction of sp³-hybridized carbons (Fsp3) is 0. The normalized spacial score (nSPS) is 10.5. The molecule has 0 aliphatic carbocycles. The lowest BCUT2D eigenvalue weighted by Gasteiger charge is -2.13. The second-order valence-corrected chi connectivity index (χ2v) is 8.46. The first-order chi connectivity index (χ1) is 14.6. The zero-order chi connectivity index (χ0) is 20.9. The van der Waals surface area contributed by atoms with Crippen molar-refractivity contribution in [1.82, 2.24) is 15.0 Å². The van der Waals surface area contributed by atoms with Crippen LogP contribution in [0.2, 0.25) is 0 Å². The molecule has 4 rings (SSSR count). The van der Waals surface area contributed by atoms with Crippen LogP contribution in [0, 0.1) is 0 Å². The van der Waals surface area contributed by atoms with E-state index < -0.39 is 0 Å². The average Bonchev–Trinajstić information content (AvgIpc) is 2.76. The number of para-hydroxylation sites is 1. The average molecular weight is 541 g/mol. The van der Waals surface area contributed by atoms with Gasteiger partial charge in [0.05, 0.1) is 17.1 Å². The van der Waals surface area contributed by atoms with E-state index in [1.807, 2.05) is 66.7 Å². The number of benzene rings is 2. The number of aromatic nitrogens is 3. The molecule has 0 saturated carbocycles. The van der Waals surface area contributed by atoms with Crippen LogP contribution in [0.5, 0.6) is 0 Å². The molecule has 0 amide bonds. The third-order valence-corrected chi connectivity index (χ3v) is 5.47. The number of pyridine rings is 1. The molecule has 0 aliphatic rings. The summed E-state index contributed by atoms with van der Waals surface area (Å²) in [5.74, 6) is 0.399. The van der Waals surface area contributed by atoms with Crippen LogP contribution >= 0.6 is 44.1 Å². The first-order valence-electron chi connectivity index (χ1n) is 8.96. The number of nitrogens with zero attached hydrogens (tertiary/aromatic N) is 3. The minimum Gasteiger partial charge on any atom is -0.331 e. The van der Waals surface area contributed by atoms with E-state index in [0.29, 0.717) is 11.1 Å². The highest BCUT2D eigenvalue weighted by molar-refractivity contribution is 9.10. The Morgan fingerprint density at radius 3 is 2.20 bits per heavy atom. The molecule has 8 heteroatoms. The predicted octanol–water partition coefficient (Wildman–Crippen LogP) is 6.54. The highest BCUT2D eigenvalue weighted by Gasteiger charge is 2.11. The Morgan fingerprint density at radius 1 is 0.767 bits per heavy atom. The Kier molecular flexibility index (Phi) is 6.47. The fourth-order valence-corrected chi connectivity index (χ4v) is 3.73. The molecular weight excluding hydrogens is 526 g/mol. The summed E-state index contributed by atoms with van der Waals surface area (Å²) in [7, 11) is 0. The molecule has 2 aromatic carbocycles. The number of anilines is 2. The standard InChI is InChI=1S/C22H15Br2N5S/c23-16-10-15(12-25-13-16)20-11-19(14-6-2-1-3-7-14)26-21(27-20)29-22(30)28-18-9-5-4-8-17(18)24/h1-13H,(H2,26,27,28,29,30). The quantitative estimate of drug-likeness (QED) is 0.286. The molecule has 0 bridgehead atoms. The van der Waals surface area contributed by atoms with Crippen LogP contribution in [0.15, 0.2) is 88.1 Å². The molecule has 0 radical (unpaired) electrons. The third-order valence-electron chi connectivity index (χ3n) is 4.14. The van der Waals surface area contributed by atoms with Gasteiger partial charge in [0.15, 0.2) is 5.11 Å². The van der Waals surface area contributed by atoms with Crippen molar-refractivity contribution in [2.75, 3.05) is 10.6 Å². The van der Waals surface area contributed by atoms with Gasteiger partial charge >= 0.3 is 0 Å². The van der Waals surface area contributed by atoms with Crippen molar-refractivity contribution in [3.05, 3.63) is 88.1 Å². The zero-order valence-electron chi connectivity index (χ0n) is 15.5. The van der Waals surface area contributed by atoms with E-state index in [1.54, 1.807) is 12.4 Å². The number of thiocarbonyl (C=S) groups is 1. The van der Waals surface area contributed by atoms with E-state index in [0.717, 1.165) is 37.1 Å². The van der Waals surface area contributed by atoms with Crippen molar-refractivity contribution in [1.29, 1.82) is 0 Å². The molecule has 5 nitrogen and oxygen atoms in total. The van der Waals surface area contributed by atoms with Crippen molar-refractivity contribution in [3.8, 4) is 22.5 Å². The van der Waals surface area contributed by atoms with Gasteiger partial charge in [-0.3, -0.25) is 4.98 Å². The highest BCUT2D eigenvalue weighted by atomic mass is 79.9. The van der Waals surface area contributed by atoms with E-state index in [9.17, 15) is 0 Å². The summed E-state index contributed by atoms with van der Waals surface area (Å²) in [6.45, 7) is 0. The van der Waals surface area contributed by atoms with Crippen LogP contribution in [-0.2, 0) is 0 Å². The van der Waals surface area contributed by atoms with Gasteiger partial charge in [-0.2, -0.15) is 0 Å². The van der Waals surface area contributed by atoms with Crippen molar-refractivity contribution in [2.24, 2.45) is 0 Å². The maximum absolute atomic E-state index is 5.48. The Balaban J connectivity index is 1.69. The largest absolute Gasteiger partial charge is 0.331 e. The smallest absolute Gasteiger partial charge is 0.230 e. The highest BCUT2D eigenvalue weighted by Crippen LogP contribution is 2.27. The predicted molar refractivity (Wildman–Crippen MR) is 132 cm³/mol. The summed E-state index contributed by atoms with van der Waals surface area (Å²) in [5, 5.41) is 6.65. The molecule has 0 spiro atoms. The topological polar surface area (TPSA) is 62.7 Å². The molecule has 4 aromatic rings. The molecule has 0 aliphatic heterocycles. The lowest BCUT2D eigenvalue weighted by molar-refractivity contribution is 1.17. The number of rotatable bonds is 4. The summed E-state index contributed by atoms with van der Waals surface area (Å²) in [6, 6.07) is 21.6. The monoisotopic (exact) mass is 539 g/mol. The van der Waals surface area contributed by atoms with Crippen molar-refractivity contribution in [3.63, 3.8) is 0 Å². The van der Waals surface area contributed by atoms with Crippen molar-refractivity contribution < 1.29 is 0 Å². The first-order valence-corrected chi connectivity index (χ1v) is 11.0. The molecule has 0 fully saturated rings. The molecule has 30 heavy (non-hydrogen) atoms. The number of nitrogens with one attached hydrogen (secondary N) is 2. The molecule has 0 unspecified atom stereocenters. The number of hydrogen-bond acceptors (Lipinski definition) is 4. The van der Waals surface area contributed by atoms with Gasteiger partial charge in [-0.05, 0) is 68.3 Å². The SMILES string of the molecule is S=C(Nc1nc(-c2ccccc2)cc(-c2cncc(Br)c2)n1)Nc1ccccc1Br. The Bertz CT molecular complexity index is 1200. The maximum atomic E-state index is 5.48. The molecule has 0 saturated heterocycles. The second kappa shape index (κ2) is 9.42. The van der Waals surface area contributed by atoms with Crippen molar-refractivity contribution in [2.45, 2.75) is 0 Å². The maximum Gasteiger partial charge on any atom is 0.230 e. The summed E-state index contributed by atoms with van der Waals surface area (Å²) in [4.78, 5) is 13.6. The number of halogens is 2. The Labute approximate surface area is 196 Å². The lowest BCUT2D eigenvalue weighted by atomic mass is 10.1. The van der Waals surface area contributed by atoms with Crippen LogP contribution in [0.25, 0.3) is 22.5 Å². The van der Waals surface area contributed by atoms with E-state index in [1.165, 1.54) is 0 Å². The third kappa shape index (κ3) is 5.08. The molecule has 2 heterocycles. The van der Waals surface area contributed by atoms with Crippen molar-refractivity contribution >= 4 is 60.8 Å². The van der Waals surface area contributed by atoms with E-state index in [4.69, 9.17) is 12.2 Å². The van der Waals surface area contributed by atoms with Gasteiger partial charge in [0.25, 0.3) is 0 Å². The van der Waals surface area contributed by atoms with Gasteiger partial charge in [0.1, 0.15) is 0 Å². The summed E-state index contributed by atoms with van der Waals surface area (Å²) >= 11 is 12.5. The van der Waals surface area contributed by atoms with Gasteiger partial charge in [0, 0.05) is 32.5 Å². The van der Waals surface area contributed by atoms with Gasteiger partial charge in [-0.15, -0.1) is 0 Å². The second-order valence-electron chi connectivity index (χ2n) is 6.28. The minimum atomic E-state index is 0.394. The van der Waals surface area contributed by atoms with Gasteiger partial charge < -0.3 is 10.6 Å². The zero-order valence-corrected chi connectivity index (χ0v) is 19.5. The Hall–Kier alpha value is -2.68. The molecule has 0 atom stereocenters. The van der Waals surface area contributed by atoms with Crippen LogP contribution < -0.4 is 10.6 Å². The van der Waals surface area contributed by atoms with Gasteiger partial charge in [-0.1, -0.05) is 42.5 Å². The summed E-state index contributed by atoms with van der Waals surface area (Å²) < 4.78 is 1.79. The Morgan fingerprint density at radius 2 is 1.47 bits per heavy atom. The van der Waals surface area contributed by atoms with Gasteiger partial charge in [0.2, 0.25) is 5.95 Å². The summed E-state index contributed by atoms with van der Waals surface area (Å²) in [6.07, 6.45) is 3.50. The van der Waals surface area contributed by atoms with E-state index >= 15 is 0 Å².